The fraction of sp³-hybridized carbons (Fsp3) is 0.286. The molecule has 6 nitrogen and oxygen atoms in total. The minimum absolute atomic E-state index is 0.463. The first-order valence-electron chi connectivity index (χ1n) is 6.30. The van der Waals surface area contributed by atoms with Crippen molar-refractivity contribution in [1.82, 2.24) is 15.0 Å². The Bertz CT molecular complexity index is 605. The summed E-state index contributed by atoms with van der Waals surface area (Å²) in [7, 11) is 1.91. The van der Waals surface area contributed by atoms with E-state index in [9.17, 15) is 0 Å². The standard InChI is InChI=1S/C14H16N6/c1-11-17-13(19-12-5-3-7-16-10-12)9-14(18-11)20(2)8-4-6-15/h3,5,7,9-10H,4,8H2,1-2H3,(H,17,18,19). The van der Waals surface area contributed by atoms with Crippen molar-refractivity contribution in [2.75, 3.05) is 23.8 Å². The summed E-state index contributed by atoms with van der Waals surface area (Å²) >= 11 is 0. The van der Waals surface area contributed by atoms with Crippen LogP contribution in [0.1, 0.15) is 12.2 Å². The SMILES string of the molecule is Cc1nc(Nc2cccnc2)cc(N(C)CCC#N)n1. The Kier molecular flexibility index (Phi) is 4.45. The molecule has 0 aliphatic heterocycles. The van der Waals surface area contributed by atoms with E-state index in [-0.39, 0.29) is 0 Å². The van der Waals surface area contributed by atoms with Crippen LogP contribution >= 0.6 is 0 Å². The molecule has 0 radical (unpaired) electrons. The first-order valence-corrected chi connectivity index (χ1v) is 6.30. The number of nitriles is 1. The van der Waals surface area contributed by atoms with Gasteiger partial charge in [0.15, 0.2) is 0 Å². The average molecular weight is 268 g/mol. The van der Waals surface area contributed by atoms with Crippen molar-refractivity contribution in [2.45, 2.75) is 13.3 Å². The highest BCUT2D eigenvalue weighted by Gasteiger charge is 2.06. The summed E-state index contributed by atoms with van der Waals surface area (Å²) in [6.45, 7) is 2.48. The molecule has 0 saturated carbocycles. The molecule has 0 aliphatic carbocycles. The van der Waals surface area contributed by atoms with E-state index < -0.39 is 0 Å². The summed E-state index contributed by atoms with van der Waals surface area (Å²) in [5.41, 5.74) is 0.872. The van der Waals surface area contributed by atoms with Gasteiger partial charge in [-0.15, -0.1) is 0 Å². The second-order valence-electron chi connectivity index (χ2n) is 4.35. The second kappa shape index (κ2) is 6.48. The van der Waals surface area contributed by atoms with Gasteiger partial charge in [0.2, 0.25) is 0 Å². The topological polar surface area (TPSA) is 77.7 Å². The maximum Gasteiger partial charge on any atom is 0.136 e. The number of rotatable bonds is 5. The van der Waals surface area contributed by atoms with Gasteiger partial charge in [0.25, 0.3) is 0 Å². The number of aryl methyl sites for hydroxylation is 1. The largest absolute Gasteiger partial charge is 0.358 e. The second-order valence-corrected chi connectivity index (χ2v) is 4.35. The molecule has 20 heavy (non-hydrogen) atoms. The zero-order valence-electron chi connectivity index (χ0n) is 11.5. The smallest absolute Gasteiger partial charge is 0.136 e. The van der Waals surface area contributed by atoms with Gasteiger partial charge in [-0.25, -0.2) is 9.97 Å². The predicted molar refractivity (Wildman–Crippen MR) is 77.8 cm³/mol. The van der Waals surface area contributed by atoms with E-state index >= 15 is 0 Å². The highest BCUT2D eigenvalue weighted by atomic mass is 15.2. The molecule has 0 amide bonds. The van der Waals surface area contributed by atoms with Gasteiger partial charge in [0.1, 0.15) is 17.5 Å². The number of pyridine rings is 1. The van der Waals surface area contributed by atoms with Crippen molar-refractivity contribution in [2.24, 2.45) is 0 Å². The lowest BCUT2D eigenvalue weighted by atomic mass is 10.3. The third kappa shape index (κ3) is 3.65. The number of nitrogens with one attached hydrogen (secondary N) is 1. The number of hydrogen-bond acceptors (Lipinski definition) is 6. The van der Waals surface area contributed by atoms with Gasteiger partial charge in [0.05, 0.1) is 24.4 Å². The molecule has 2 heterocycles. The monoisotopic (exact) mass is 268 g/mol. The number of hydrogen-bond donors (Lipinski definition) is 1. The fourth-order valence-electron chi connectivity index (χ4n) is 1.73. The third-order valence-corrected chi connectivity index (χ3v) is 2.71. The van der Waals surface area contributed by atoms with E-state index in [4.69, 9.17) is 5.26 Å². The van der Waals surface area contributed by atoms with Crippen LogP contribution in [0.15, 0.2) is 30.6 Å². The van der Waals surface area contributed by atoms with E-state index in [1.165, 1.54) is 0 Å². The molecule has 0 saturated heterocycles. The molecular weight excluding hydrogens is 252 g/mol. The van der Waals surface area contributed by atoms with E-state index in [0.717, 1.165) is 11.5 Å². The number of nitrogens with zero attached hydrogens (tertiary/aromatic N) is 5. The van der Waals surface area contributed by atoms with E-state index in [1.807, 2.05) is 37.1 Å². The van der Waals surface area contributed by atoms with Crippen LogP contribution in [0.25, 0.3) is 0 Å². The molecule has 0 aromatic carbocycles. The Balaban J connectivity index is 2.18. The van der Waals surface area contributed by atoms with Gasteiger partial charge in [0, 0.05) is 25.9 Å². The summed E-state index contributed by atoms with van der Waals surface area (Å²) < 4.78 is 0. The Morgan fingerprint density at radius 3 is 2.95 bits per heavy atom. The Morgan fingerprint density at radius 2 is 2.25 bits per heavy atom. The highest BCUT2D eigenvalue weighted by Crippen LogP contribution is 2.18. The molecule has 102 valence electrons. The molecule has 0 unspecified atom stereocenters. The van der Waals surface area contributed by atoms with Gasteiger partial charge in [-0.05, 0) is 19.1 Å². The summed E-state index contributed by atoms with van der Waals surface area (Å²) in [5.74, 6) is 2.18. The number of anilines is 3. The molecule has 0 spiro atoms. The quantitative estimate of drug-likeness (QED) is 0.896. The van der Waals surface area contributed by atoms with Crippen LogP contribution in [0.5, 0.6) is 0 Å². The molecule has 1 N–H and O–H groups in total. The Labute approximate surface area is 118 Å². The van der Waals surface area contributed by atoms with Crippen molar-refractivity contribution in [3.05, 3.63) is 36.4 Å². The first kappa shape index (κ1) is 13.7. The zero-order valence-corrected chi connectivity index (χ0v) is 11.5. The molecule has 0 atom stereocenters. The minimum atomic E-state index is 0.463. The van der Waals surface area contributed by atoms with Crippen LogP contribution < -0.4 is 10.2 Å². The van der Waals surface area contributed by atoms with Crippen molar-refractivity contribution in [3.63, 3.8) is 0 Å². The zero-order chi connectivity index (χ0) is 14.4. The highest BCUT2D eigenvalue weighted by molar-refractivity contribution is 5.58. The van der Waals surface area contributed by atoms with Crippen LogP contribution in [0.4, 0.5) is 17.3 Å². The lowest BCUT2D eigenvalue weighted by Gasteiger charge is -2.17. The molecule has 0 bridgehead atoms. The van der Waals surface area contributed by atoms with Crippen LogP contribution in [0.3, 0.4) is 0 Å². The maximum absolute atomic E-state index is 8.64. The predicted octanol–water partition coefficient (Wildman–Crippen LogP) is 2.27. The molecular formula is C14H16N6. The summed E-state index contributed by atoms with van der Waals surface area (Å²) in [6, 6.07) is 7.76. The lowest BCUT2D eigenvalue weighted by Crippen LogP contribution is -2.20. The molecule has 6 heteroatoms. The van der Waals surface area contributed by atoms with Gasteiger partial charge in [-0.2, -0.15) is 5.26 Å². The van der Waals surface area contributed by atoms with Crippen LogP contribution in [-0.4, -0.2) is 28.5 Å². The fourth-order valence-corrected chi connectivity index (χ4v) is 1.73. The molecule has 2 aromatic heterocycles. The number of aromatic nitrogens is 3. The molecule has 0 aliphatic rings. The first-order chi connectivity index (χ1) is 9.69. The average Bonchev–Trinajstić information content (AvgIpc) is 2.45. The minimum Gasteiger partial charge on any atom is -0.358 e. The van der Waals surface area contributed by atoms with Gasteiger partial charge >= 0.3 is 0 Å². The third-order valence-electron chi connectivity index (χ3n) is 2.71. The molecule has 2 rings (SSSR count). The summed E-state index contributed by atoms with van der Waals surface area (Å²) in [4.78, 5) is 14.7. The normalized spacial score (nSPS) is 9.85. The van der Waals surface area contributed by atoms with Crippen molar-refractivity contribution in [3.8, 4) is 6.07 Å². The van der Waals surface area contributed by atoms with Gasteiger partial charge in [-0.3, -0.25) is 4.98 Å². The Morgan fingerprint density at radius 1 is 1.40 bits per heavy atom. The van der Waals surface area contributed by atoms with Crippen LogP contribution in [0, 0.1) is 18.3 Å². The van der Waals surface area contributed by atoms with Crippen molar-refractivity contribution < 1.29 is 0 Å². The van der Waals surface area contributed by atoms with Gasteiger partial charge < -0.3 is 10.2 Å². The molecule has 0 fully saturated rings. The van der Waals surface area contributed by atoms with E-state index in [0.29, 0.717) is 24.6 Å². The summed E-state index contributed by atoms with van der Waals surface area (Å²) in [5, 5.41) is 11.8. The van der Waals surface area contributed by atoms with Crippen LogP contribution in [-0.2, 0) is 0 Å². The summed E-state index contributed by atoms with van der Waals surface area (Å²) in [6.07, 6.45) is 3.92. The lowest BCUT2D eigenvalue weighted by molar-refractivity contribution is 0.871. The van der Waals surface area contributed by atoms with Crippen molar-refractivity contribution in [1.29, 1.82) is 5.26 Å². The van der Waals surface area contributed by atoms with Crippen molar-refractivity contribution >= 4 is 17.3 Å². The van der Waals surface area contributed by atoms with E-state index in [1.54, 1.807) is 12.4 Å². The van der Waals surface area contributed by atoms with E-state index in [2.05, 4.69) is 26.3 Å². The Hall–Kier alpha value is -2.68. The van der Waals surface area contributed by atoms with Crippen LogP contribution in [0.2, 0.25) is 0 Å². The molecule has 2 aromatic rings. The van der Waals surface area contributed by atoms with Gasteiger partial charge in [-0.1, -0.05) is 0 Å². The maximum atomic E-state index is 8.64.